The number of hydrogen-bond donors (Lipinski definition) is 1. The summed E-state index contributed by atoms with van der Waals surface area (Å²) in [5.74, 6) is -0.990. The van der Waals surface area contributed by atoms with E-state index < -0.39 is 23.7 Å². The van der Waals surface area contributed by atoms with Gasteiger partial charge in [0.05, 0.1) is 13.2 Å². The highest BCUT2D eigenvalue weighted by Gasteiger charge is 2.68. The van der Waals surface area contributed by atoms with Gasteiger partial charge in [-0.05, 0) is 33.6 Å². The topological polar surface area (TPSA) is 76.1 Å². The Balaban J connectivity index is 2.08. The summed E-state index contributed by atoms with van der Waals surface area (Å²) in [6.45, 7) is 9.77. The molecule has 2 rings (SSSR count). The summed E-state index contributed by atoms with van der Waals surface area (Å²) in [5, 5.41) is 9.35. The van der Waals surface area contributed by atoms with E-state index in [9.17, 15) is 14.7 Å². The number of hydrogen-bond acceptors (Lipinski definition) is 4. The van der Waals surface area contributed by atoms with Crippen LogP contribution in [0.4, 0.5) is 4.79 Å². The Kier molecular flexibility index (Phi) is 4.02. The molecular weight excluding hydrogens is 274 g/mol. The molecule has 1 saturated carbocycles. The zero-order valence-corrected chi connectivity index (χ0v) is 12.8. The van der Waals surface area contributed by atoms with E-state index in [1.54, 1.807) is 26.8 Å². The Morgan fingerprint density at radius 2 is 2.10 bits per heavy atom. The number of carboxylic acid groups (broad SMARTS) is 1. The Morgan fingerprint density at radius 3 is 2.62 bits per heavy atom. The molecule has 6 heteroatoms. The van der Waals surface area contributed by atoms with Crippen LogP contribution in [-0.4, -0.2) is 53.0 Å². The Bertz CT molecular complexity index is 455. The Hall–Kier alpha value is -1.56. The normalized spacial score (nSPS) is 30.7. The third-order valence-electron chi connectivity index (χ3n) is 3.93. The first-order valence-corrected chi connectivity index (χ1v) is 7.13. The first kappa shape index (κ1) is 15.8. The highest BCUT2D eigenvalue weighted by atomic mass is 16.6. The number of fused-ring (bicyclic) bond motifs is 1. The van der Waals surface area contributed by atoms with Crippen LogP contribution < -0.4 is 0 Å². The fraction of sp³-hybridized carbons (Fsp3) is 0.733. The van der Waals surface area contributed by atoms with Crippen molar-refractivity contribution in [3.05, 3.63) is 12.7 Å². The summed E-state index contributed by atoms with van der Waals surface area (Å²) in [6, 6.07) is -0.927. The smallest absolute Gasteiger partial charge is 0.411 e. The highest BCUT2D eigenvalue weighted by Crippen LogP contribution is 2.59. The van der Waals surface area contributed by atoms with Gasteiger partial charge in [0.15, 0.2) is 0 Å². The molecule has 1 saturated heterocycles. The summed E-state index contributed by atoms with van der Waals surface area (Å²) < 4.78 is 10.8. The van der Waals surface area contributed by atoms with Crippen molar-refractivity contribution in [2.24, 2.45) is 5.41 Å². The molecule has 0 spiro atoms. The molecule has 1 aliphatic heterocycles. The number of likely N-dealkylation sites (tertiary alicyclic amines) is 1. The van der Waals surface area contributed by atoms with Gasteiger partial charge in [-0.2, -0.15) is 0 Å². The van der Waals surface area contributed by atoms with E-state index in [2.05, 4.69) is 6.58 Å². The second kappa shape index (κ2) is 5.33. The number of carboxylic acids is 1. The molecule has 0 bridgehead atoms. The molecule has 0 radical (unpaired) electrons. The standard InChI is InChI=1S/C15H23NO5/c1-5-6-20-9-15-7-10(12(17)18)16(11(15)8-15)13(19)21-14(2,3)4/h5,10-11H,1,6-9H2,2-4H3,(H,17,18)/t10-,11+,15?/m0/s1. The Morgan fingerprint density at radius 1 is 1.43 bits per heavy atom. The van der Waals surface area contributed by atoms with Crippen molar-refractivity contribution in [3.63, 3.8) is 0 Å². The van der Waals surface area contributed by atoms with Gasteiger partial charge >= 0.3 is 12.1 Å². The second-order valence-electron chi connectivity index (χ2n) is 6.83. The van der Waals surface area contributed by atoms with Crippen molar-refractivity contribution in [1.82, 2.24) is 4.90 Å². The minimum absolute atomic E-state index is 0.0988. The molecule has 0 aromatic rings. The molecule has 1 aliphatic carbocycles. The zero-order valence-electron chi connectivity index (χ0n) is 12.8. The third-order valence-corrected chi connectivity index (χ3v) is 3.93. The first-order valence-electron chi connectivity index (χ1n) is 7.13. The van der Waals surface area contributed by atoms with Crippen molar-refractivity contribution < 1.29 is 24.2 Å². The monoisotopic (exact) mass is 297 g/mol. The highest BCUT2D eigenvalue weighted by molar-refractivity contribution is 5.82. The number of piperidine rings is 1. The van der Waals surface area contributed by atoms with Gasteiger partial charge in [0.1, 0.15) is 11.6 Å². The molecule has 0 aromatic carbocycles. The van der Waals surface area contributed by atoms with E-state index in [4.69, 9.17) is 9.47 Å². The van der Waals surface area contributed by atoms with Gasteiger partial charge in [-0.3, -0.25) is 4.90 Å². The van der Waals surface area contributed by atoms with Crippen LogP contribution in [0, 0.1) is 5.41 Å². The van der Waals surface area contributed by atoms with E-state index in [0.717, 1.165) is 6.42 Å². The number of aliphatic carboxylic acids is 1. The van der Waals surface area contributed by atoms with Crippen LogP contribution in [0.2, 0.25) is 0 Å². The molecule has 6 nitrogen and oxygen atoms in total. The maximum absolute atomic E-state index is 12.3. The number of rotatable bonds is 5. The van der Waals surface area contributed by atoms with Gasteiger partial charge in [-0.15, -0.1) is 6.58 Å². The zero-order chi connectivity index (χ0) is 15.8. The van der Waals surface area contributed by atoms with E-state index in [1.165, 1.54) is 4.90 Å². The molecule has 0 aromatic heterocycles. The fourth-order valence-corrected chi connectivity index (χ4v) is 2.97. The molecule has 2 aliphatic rings. The maximum atomic E-state index is 12.3. The van der Waals surface area contributed by atoms with Crippen molar-refractivity contribution in [2.75, 3.05) is 13.2 Å². The van der Waals surface area contributed by atoms with E-state index in [0.29, 0.717) is 19.6 Å². The largest absolute Gasteiger partial charge is 0.480 e. The minimum atomic E-state index is -0.990. The van der Waals surface area contributed by atoms with Crippen LogP contribution in [0.5, 0.6) is 0 Å². The van der Waals surface area contributed by atoms with Gasteiger partial charge < -0.3 is 14.6 Å². The number of ether oxygens (including phenoxy) is 2. The van der Waals surface area contributed by atoms with Crippen LogP contribution in [0.3, 0.4) is 0 Å². The quantitative estimate of drug-likeness (QED) is 0.621. The van der Waals surface area contributed by atoms with Crippen molar-refractivity contribution in [1.29, 1.82) is 0 Å². The molecule has 1 unspecified atom stereocenters. The summed E-state index contributed by atoms with van der Waals surface area (Å²) in [4.78, 5) is 25.1. The van der Waals surface area contributed by atoms with Crippen LogP contribution in [0.1, 0.15) is 33.6 Å². The lowest BCUT2D eigenvalue weighted by Gasteiger charge is -2.28. The molecule has 1 amide bonds. The molecule has 118 valence electrons. The third kappa shape index (κ3) is 3.20. The lowest BCUT2D eigenvalue weighted by Crippen LogP contribution is -2.45. The molecule has 3 atom stereocenters. The second-order valence-corrected chi connectivity index (χ2v) is 6.83. The average molecular weight is 297 g/mol. The van der Waals surface area contributed by atoms with Crippen LogP contribution >= 0.6 is 0 Å². The van der Waals surface area contributed by atoms with Gasteiger partial charge in [0, 0.05) is 11.5 Å². The number of carbonyl (C=O) groups excluding carboxylic acids is 1. The lowest BCUT2D eigenvalue weighted by molar-refractivity contribution is -0.142. The minimum Gasteiger partial charge on any atom is -0.480 e. The van der Waals surface area contributed by atoms with E-state index in [1.807, 2.05) is 0 Å². The molecular formula is C15H23NO5. The Labute approximate surface area is 124 Å². The van der Waals surface area contributed by atoms with Gasteiger partial charge in [-0.1, -0.05) is 6.08 Å². The summed E-state index contributed by atoms with van der Waals surface area (Å²) in [5.41, 5.74) is -0.872. The molecule has 21 heavy (non-hydrogen) atoms. The van der Waals surface area contributed by atoms with Crippen LogP contribution in [0.25, 0.3) is 0 Å². The average Bonchev–Trinajstić information content (AvgIpc) is 2.92. The lowest BCUT2D eigenvalue weighted by atomic mass is 10.0. The van der Waals surface area contributed by atoms with Gasteiger partial charge in [0.25, 0.3) is 0 Å². The first-order chi connectivity index (χ1) is 9.70. The fourth-order valence-electron chi connectivity index (χ4n) is 2.97. The van der Waals surface area contributed by atoms with Crippen LogP contribution in [-0.2, 0) is 14.3 Å². The summed E-state index contributed by atoms with van der Waals surface area (Å²) in [7, 11) is 0. The molecule has 2 fully saturated rings. The van der Waals surface area contributed by atoms with Crippen molar-refractivity contribution >= 4 is 12.1 Å². The molecule has 1 heterocycles. The number of nitrogens with zero attached hydrogens (tertiary/aromatic N) is 1. The summed E-state index contributed by atoms with van der Waals surface area (Å²) in [6.07, 6.45) is 2.29. The number of carbonyl (C=O) groups is 2. The molecule has 1 N–H and O–H groups in total. The van der Waals surface area contributed by atoms with Gasteiger partial charge in [0.2, 0.25) is 0 Å². The SMILES string of the molecule is C=CCOCC12C[C@@H](C(=O)O)N(C(=O)OC(C)(C)C)[C@@H]1C2. The predicted octanol–water partition coefficient (Wildman–Crippen LogP) is 2.04. The number of amides is 1. The van der Waals surface area contributed by atoms with Crippen molar-refractivity contribution in [3.8, 4) is 0 Å². The van der Waals surface area contributed by atoms with Crippen LogP contribution in [0.15, 0.2) is 12.7 Å². The van der Waals surface area contributed by atoms with Crippen molar-refractivity contribution in [2.45, 2.75) is 51.3 Å². The van der Waals surface area contributed by atoms with E-state index in [-0.39, 0.29) is 11.5 Å². The predicted molar refractivity (Wildman–Crippen MR) is 76.0 cm³/mol. The van der Waals surface area contributed by atoms with E-state index >= 15 is 0 Å². The maximum Gasteiger partial charge on any atom is 0.411 e. The van der Waals surface area contributed by atoms with Gasteiger partial charge in [-0.25, -0.2) is 9.59 Å². The summed E-state index contributed by atoms with van der Waals surface area (Å²) >= 11 is 0.